The normalized spacial score (nSPS) is 17.4. The van der Waals surface area contributed by atoms with Crippen LogP contribution in [0.15, 0.2) is 36.4 Å². The maximum atomic E-state index is 6.06. The summed E-state index contributed by atoms with van der Waals surface area (Å²) in [7, 11) is 0. The second-order valence-electron chi connectivity index (χ2n) is 5.15. The van der Waals surface area contributed by atoms with Crippen molar-refractivity contribution in [3.63, 3.8) is 0 Å². The van der Waals surface area contributed by atoms with Gasteiger partial charge in [-0.2, -0.15) is 0 Å². The third-order valence-corrected chi connectivity index (χ3v) is 3.94. The highest BCUT2D eigenvalue weighted by atomic mass is 16.5. The van der Waals surface area contributed by atoms with Gasteiger partial charge in [0, 0.05) is 11.5 Å². The first-order chi connectivity index (χ1) is 8.68. The lowest BCUT2D eigenvalue weighted by atomic mass is 9.87. The van der Waals surface area contributed by atoms with Crippen molar-refractivity contribution in [1.29, 1.82) is 0 Å². The SMILES string of the molecule is Cc1ccc(C)c2c1OCc1ccccc1C2C. The van der Waals surface area contributed by atoms with Crippen molar-refractivity contribution in [3.8, 4) is 5.75 Å². The quantitative estimate of drug-likeness (QED) is 0.663. The van der Waals surface area contributed by atoms with Crippen LogP contribution in [0.4, 0.5) is 0 Å². The van der Waals surface area contributed by atoms with Crippen molar-refractivity contribution < 1.29 is 4.74 Å². The Kier molecular flexibility index (Phi) is 2.62. The van der Waals surface area contributed by atoms with E-state index in [1.165, 1.54) is 27.8 Å². The number of rotatable bonds is 0. The van der Waals surface area contributed by atoms with Crippen LogP contribution in [0, 0.1) is 13.8 Å². The van der Waals surface area contributed by atoms with Crippen LogP contribution < -0.4 is 4.74 Å². The van der Waals surface area contributed by atoms with Crippen molar-refractivity contribution in [2.75, 3.05) is 0 Å². The lowest BCUT2D eigenvalue weighted by molar-refractivity contribution is 0.304. The van der Waals surface area contributed by atoms with Crippen molar-refractivity contribution in [1.82, 2.24) is 0 Å². The van der Waals surface area contributed by atoms with E-state index in [0.29, 0.717) is 12.5 Å². The molecule has 1 aliphatic heterocycles. The van der Waals surface area contributed by atoms with Gasteiger partial charge in [0.05, 0.1) is 0 Å². The molecule has 0 N–H and O–H groups in total. The highest BCUT2D eigenvalue weighted by Crippen LogP contribution is 2.40. The zero-order chi connectivity index (χ0) is 12.7. The summed E-state index contributed by atoms with van der Waals surface area (Å²) in [6.07, 6.45) is 0. The average molecular weight is 238 g/mol. The molecule has 92 valence electrons. The van der Waals surface area contributed by atoms with Crippen molar-refractivity contribution in [2.24, 2.45) is 0 Å². The third-order valence-electron chi connectivity index (χ3n) is 3.94. The van der Waals surface area contributed by atoms with E-state index in [1.54, 1.807) is 0 Å². The van der Waals surface area contributed by atoms with Gasteiger partial charge in [-0.05, 0) is 36.1 Å². The first-order valence-electron chi connectivity index (χ1n) is 6.49. The van der Waals surface area contributed by atoms with Crippen LogP contribution in [0.3, 0.4) is 0 Å². The topological polar surface area (TPSA) is 9.23 Å². The number of hydrogen-bond donors (Lipinski definition) is 0. The summed E-state index contributed by atoms with van der Waals surface area (Å²) in [5, 5.41) is 0. The highest BCUT2D eigenvalue weighted by molar-refractivity contribution is 5.53. The van der Waals surface area contributed by atoms with Crippen LogP contribution in [0.1, 0.15) is 40.7 Å². The van der Waals surface area contributed by atoms with Crippen LogP contribution in [-0.2, 0) is 6.61 Å². The fourth-order valence-electron chi connectivity index (χ4n) is 2.93. The minimum absolute atomic E-state index is 0.401. The Morgan fingerprint density at radius 2 is 1.72 bits per heavy atom. The van der Waals surface area contributed by atoms with Gasteiger partial charge < -0.3 is 4.74 Å². The lowest BCUT2D eigenvalue weighted by Gasteiger charge is -2.18. The average Bonchev–Trinajstić information content (AvgIpc) is 2.53. The second kappa shape index (κ2) is 4.16. The van der Waals surface area contributed by atoms with E-state index in [1.807, 2.05) is 0 Å². The van der Waals surface area contributed by atoms with E-state index in [4.69, 9.17) is 4.74 Å². The van der Waals surface area contributed by atoms with Gasteiger partial charge in [-0.1, -0.05) is 43.3 Å². The predicted octanol–water partition coefficient (Wildman–Crippen LogP) is 4.35. The van der Waals surface area contributed by atoms with Gasteiger partial charge in [-0.25, -0.2) is 0 Å². The van der Waals surface area contributed by atoms with Crippen LogP contribution >= 0.6 is 0 Å². The molecule has 0 radical (unpaired) electrons. The molecule has 3 rings (SSSR count). The van der Waals surface area contributed by atoms with E-state index in [2.05, 4.69) is 57.2 Å². The van der Waals surface area contributed by atoms with E-state index < -0.39 is 0 Å². The Labute approximate surface area is 108 Å². The maximum absolute atomic E-state index is 6.06. The Bertz CT molecular complexity index is 599. The molecule has 0 spiro atoms. The number of hydrogen-bond acceptors (Lipinski definition) is 1. The number of ether oxygens (including phenoxy) is 1. The fourth-order valence-corrected chi connectivity index (χ4v) is 2.93. The Morgan fingerprint density at radius 1 is 1.00 bits per heavy atom. The third kappa shape index (κ3) is 1.62. The molecule has 18 heavy (non-hydrogen) atoms. The molecule has 0 aliphatic carbocycles. The molecule has 1 heterocycles. The van der Waals surface area contributed by atoms with Crippen LogP contribution in [-0.4, -0.2) is 0 Å². The molecule has 1 unspecified atom stereocenters. The van der Waals surface area contributed by atoms with E-state index in [9.17, 15) is 0 Å². The molecule has 1 nitrogen and oxygen atoms in total. The van der Waals surface area contributed by atoms with Crippen LogP contribution in [0.25, 0.3) is 0 Å². The maximum Gasteiger partial charge on any atom is 0.126 e. The number of fused-ring (bicyclic) bond motifs is 2. The van der Waals surface area contributed by atoms with Gasteiger partial charge in [0.2, 0.25) is 0 Å². The van der Waals surface area contributed by atoms with Crippen LogP contribution in [0.5, 0.6) is 5.75 Å². The summed E-state index contributed by atoms with van der Waals surface area (Å²) in [6.45, 7) is 7.25. The summed E-state index contributed by atoms with van der Waals surface area (Å²) in [5.41, 5.74) is 6.60. The Morgan fingerprint density at radius 3 is 2.56 bits per heavy atom. The Hall–Kier alpha value is -1.76. The first kappa shape index (κ1) is 11.3. The molecule has 0 saturated heterocycles. The summed E-state index contributed by atoms with van der Waals surface area (Å²) >= 11 is 0. The molecule has 0 amide bonds. The van der Waals surface area contributed by atoms with Gasteiger partial charge in [0.25, 0.3) is 0 Å². The molecule has 0 fully saturated rings. The summed E-state index contributed by atoms with van der Waals surface area (Å²) in [4.78, 5) is 0. The van der Waals surface area contributed by atoms with E-state index in [0.717, 1.165) is 5.75 Å². The molecule has 2 aromatic rings. The van der Waals surface area contributed by atoms with Crippen molar-refractivity contribution >= 4 is 0 Å². The molecule has 0 saturated carbocycles. The lowest BCUT2D eigenvalue weighted by Crippen LogP contribution is -2.00. The van der Waals surface area contributed by atoms with E-state index in [-0.39, 0.29) is 0 Å². The molecular formula is C17H18O. The zero-order valence-electron chi connectivity index (χ0n) is 11.2. The minimum Gasteiger partial charge on any atom is -0.488 e. The highest BCUT2D eigenvalue weighted by Gasteiger charge is 2.23. The van der Waals surface area contributed by atoms with Gasteiger partial charge in [-0.3, -0.25) is 0 Å². The molecule has 1 aliphatic rings. The fraction of sp³-hybridized carbons (Fsp3) is 0.294. The zero-order valence-corrected chi connectivity index (χ0v) is 11.2. The minimum atomic E-state index is 0.401. The first-order valence-corrected chi connectivity index (χ1v) is 6.49. The Balaban J connectivity index is 2.25. The monoisotopic (exact) mass is 238 g/mol. The standard InChI is InChI=1S/C17H18O/c1-11-8-9-12(2)17-16(11)13(3)15-7-5-4-6-14(15)10-18-17/h4-9,13H,10H2,1-3H3. The molecular weight excluding hydrogens is 220 g/mol. The van der Waals surface area contributed by atoms with Gasteiger partial charge in [-0.15, -0.1) is 0 Å². The molecule has 0 aromatic heterocycles. The van der Waals surface area contributed by atoms with E-state index >= 15 is 0 Å². The smallest absolute Gasteiger partial charge is 0.126 e. The second-order valence-corrected chi connectivity index (χ2v) is 5.15. The number of aryl methyl sites for hydroxylation is 2. The number of benzene rings is 2. The predicted molar refractivity (Wildman–Crippen MR) is 74.2 cm³/mol. The summed E-state index contributed by atoms with van der Waals surface area (Å²) < 4.78 is 6.06. The van der Waals surface area contributed by atoms with Gasteiger partial charge in [0.15, 0.2) is 0 Å². The largest absolute Gasteiger partial charge is 0.488 e. The molecule has 2 aromatic carbocycles. The summed E-state index contributed by atoms with van der Waals surface area (Å²) in [6, 6.07) is 12.9. The molecule has 1 atom stereocenters. The van der Waals surface area contributed by atoms with Gasteiger partial charge in [0.1, 0.15) is 12.4 Å². The van der Waals surface area contributed by atoms with Crippen molar-refractivity contribution in [3.05, 3.63) is 64.2 Å². The van der Waals surface area contributed by atoms with Crippen LogP contribution in [0.2, 0.25) is 0 Å². The van der Waals surface area contributed by atoms with Gasteiger partial charge >= 0.3 is 0 Å². The van der Waals surface area contributed by atoms with Crippen molar-refractivity contribution in [2.45, 2.75) is 33.3 Å². The molecule has 1 heteroatoms. The summed E-state index contributed by atoms with van der Waals surface area (Å²) in [5.74, 6) is 1.48. The molecule has 0 bridgehead atoms.